The molecule has 2 aliphatic heterocycles. The van der Waals surface area contributed by atoms with E-state index in [0.717, 1.165) is 17.4 Å². The van der Waals surface area contributed by atoms with E-state index in [4.69, 9.17) is 4.74 Å². The molecule has 1 aromatic carbocycles. The van der Waals surface area contributed by atoms with Gasteiger partial charge >= 0.3 is 0 Å². The number of fused-ring (bicyclic) bond motifs is 2. The Labute approximate surface area is 160 Å². The summed E-state index contributed by atoms with van der Waals surface area (Å²) in [5.74, 6) is 0.558. The highest BCUT2D eigenvalue weighted by atomic mass is 16.5. The first kappa shape index (κ1) is 18.4. The number of methoxy groups -OCH3 is 1. The molecule has 2 fully saturated rings. The largest absolute Gasteiger partial charge is 0.383 e. The Kier molecular flexibility index (Phi) is 5.74. The van der Waals surface area contributed by atoms with E-state index in [0.29, 0.717) is 30.8 Å². The van der Waals surface area contributed by atoms with Crippen molar-refractivity contribution in [2.45, 2.75) is 38.1 Å². The number of hydrogen-bond acceptors (Lipinski definition) is 4. The summed E-state index contributed by atoms with van der Waals surface area (Å²) in [6.07, 6.45) is 6.34. The number of rotatable bonds is 6. The summed E-state index contributed by atoms with van der Waals surface area (Å²) in [5.41, 5.74) is 1.43. The maximum Gasteiger partial charge on any atom is 0.275 e. The Bertz CT molecular complexity index is 772. The van der Waals surface area contributed by atoms with Crippen LogP contribution < -0.4 is 0 Å². The van der Waals surface area contributed by atoms with Crippen molar-refractivity contribution in [2.24, 2.45) is 5.92 Å². The number of hydrogen-bond donors (Lipinski definition) is 1. The molecular weight excluding hydrogens is 340 g/mol. The maximum atomic E-state index is 13.3. The third-order valence-electron chi connectivity index (χ3n) is 6.21. The van der Waals surface area contributed by atoms with E-state index in [1.54, 1.807) is 7.11 Å². The van der Waals surface area contributed by atoms with E-state index in [2.05, 4.69) is 15.1 Å². The molecule has 0 unspecified atom stereocenters. The molecule has 0 spiro atoms. The van der Waals surface area contributed by atoms with Gasteiger partial charge in [-0.25, -0.2) is 0 Å². The van der Waals surface area contributed by atoms with E-state index in [1.165, 1.54) is 45.2 Å². The number of nitrogens with zero attached hydrogens (tertiary/aromatic N) is 3. The second kappa shape index (κ2) is 8.40. The predicted octanol–water partition coefficient (Wildman–Crippen LogP) is 2.92. The average Bonchev–Trinajstić information content (AvgIpc) is 3.15. The number of H-pyrrole nitrogens is 1. The van der Waals surface area contributed by atoms with Gasteiger partial charge in [0.1, 0.15) is 0 Å². The van der Waals surface area contributed by atoms with Gasteiger partial charge in [-0.05, 0) is 50.8 Å². The van der Waals surface area contributed by atoms with Crippen LogP contribution in [0.5, 0.6) is 0 Å². The molecule has 1 N–H and O–H groups in total. The molecule has 3 heterocycles. The lowest BCUT2D eigenvalue weighted by atomic mass is 9.83. The normalized spacial score (nSPS) is 23.3. The van der Waals surface area contributed by atoms with E-state index in [-0.39, 0.29) is 5.91 Å². The fraction of sp³-hybridized carbons (Fsp3) is 0.619. The fourth-order valence-corrected chi connectivity index (χ4v) is 4.83. The molecule has 2 atom stereocenters. The van der Waals surface area contributed by atoms with E-state index in [9.17, 15) is 4.79 Å². The number of benzene rings is 1. The number of carbonyl (C=O) groups excluding carboxylic acids is 1. The Morgan fingerprint density at radius 1 is 1.26 bits per heavy atom. The molecule has 6 nitrogen and oxygen atoms in total. The molecule has 1 aromatic heterocycles. The minimum Gasteiger partial charge on any atom is -0.383 e. The zero-order valence-corrected chi connectivity index (χ0v) is 16.2. The zero-order valence-electron chi connectivity index (χ0n) is 16.2. The number of aromatic amines is 1. The van der Waals surface area contributed by atoms with Crippen molar-refractivity contribution in [3.05, 3.63) is 30.0 Å². The number of piperidine rings is 2. The minimum absolute atomic E-state index is 0.0115. The second-order valence-electron chi connectivity index (χ2n) is 7.86. The van der Waals surface area contributed by atoms with Crippen molar-refractivity contribution in [1.29, 1.82) is 0 Å². The van der Waals surface area contributed by atoms with Crippen molar-refractivity contribution >= 4 is 16.8 Å². The molecule has 0 radical (unpaired) electrons. The van der Waals surface area contributed by atoms with Crippen molar-refractivity contribution in [3.63, 3.8) is 0 Å². The number of carbonyl (C=O) groups is 1. The minimum atomic E-state index is 0.0115. The van der Waals surface area contributed by atoms with Crippen molar-refractivity contribution < 1.29 is 9.53 Å². The summed E-state index contributed by atoms with van der Waals surface area (Å²) in [4.78, 5) is 18.0. The number of amides is 1. The van der Waals surface area contributed by atoms with Crippen LogP contribution in [-0.4, -0.2) is 71.8 Å². The van der Waals surface area contributed by atoms with E-state index >= 15 is 0 Å². The average molecular weight is 370 g/mol. The summed E-state index contributed by atoms with van der Waals surface area (Å²) >= 11 is 0. The van der Waals surface area contributed by atoms with Gasteiger partial charge in [-0.2, -0.15) is 5.10 Å². The maximum absolute atomic E-state index is 13.3. The van der Waals surface area contributed by atoms with Crippen LogP contribution in [0.25, 0.3) is 10.9 Å². The van der Waals surface area contributed by atoms with Crippen LogP contribution in [0, 0.1) is 5.92 Å². The van der Waals surface area contributed by atoms with Crippen LogP contribution in [-0.2, 0) is 4.74 Å². The van der Waals surface area contributed by atoms with Gasteiger partial charge in [-0.1, -0.05) is 24.6 Å². The molecule has 0 aliphatic carbocycles. The van der Waals surface area contributed by atoms with Gasteiger partial charge in [0.25, 0.3) is 5.91 Å². The van der Waals surface area contributed by atoms with Crippen molar-refractivity contribution in [1.82, 2.24) is 20.0 Å². The van der Waals surface area contributed by atoms with Gasteiger partial charge in [-0.15, -0.1) is 0 Å². The van der Waals surface area contributed by atoms with Crippen LogP contribution in [0.3, 0.4) is 0 Å². The first-order valence-electron chi connectivity index (χ1n) is 10.2. The summed E-state index contributed by atoms with van der Waals surface area (Å²) in [6.45, 7) is 4.40. The van der Waals surface area contributed by atoms with Crippen LogP contribution in [0.4, 0.5) is 0 Å². The van der Waals surface area contributed by atoms with Crippen LogP contribution in [0.2, 0.25) is 0 Å². The quantitative estimate of drug-likeness (QED) is 0.849. The van der Waals surface area contributed by atoms with Crippen LogP contribution >= 0.6 is 0 Å². The summed E-state index contributed by atoms with van der Waals surface area (Å²) in [5, 5.41) is 8.22. The molecule has 146 valence electrons. The number of nitrogens with one attached hydrogen (secondary N) is 1. The molecular formula is C21H30N4O2. The first-order valence-corrected chi connectivity index (χ1v) is 10.2. The monoisotopic (exact) mass is 370 g/mol. The Morgan fingerprint density at radius 3 is 3.00 bits per heavy atom. The molecule has 2 aromatic rings. The zero-order chi connectivity index (χ0) is 18.6. The summed E-state index contributed by atoms with van der Waals surface area (Å²) < 4.78 is 5.29. The van der Waals surface area contributed by atoms with Gasteiger partial charge in [-0.3, -0.25) is 9.89 Å². The van der Waals surface area contributed by atoms with Gasteiger partial charge in [0, 0.05) is 31.6 Å². The molecule has 6 heteroatoms. The van der Waals surface area contributed by atoms with Crippen LogP contribution in [0.1, 0.15) is 42.6 Å². The molecule has 27 heavy (non-hydrogen) atoms. The van der Waals surface area contributed by atoms with E-state index < -0.39 is 0 Å². The van der Waals surface area contributed by atoms with Gasteiger partial charge in [0.15, 0.2) is 5.69 Å². The predicted molar refractivity (Wildman–Crippen MR) is 106 cm³/mol. The molecule has 0 saturated carbocycles. The summed E-state index contributed by atoms with van der Waals surface area (Å²) in [6, 6.07) is 8.46. The van der Waals surface area contributed by atoms with Crippen molar-refractivity contribution in [3.8, 4) is 0 Å². The number of para-hydroxylation sites is 1. The topological polar surface area (TPSA) is 61.5 Å². The highest BCUT2D eigenvalue weighted by Crippen LogP contribution is 2.31. The molecule has 2 saturated heterocycles. The standard InChI is InChI=1S/C21H30N4O2/c1-27-14-13-25(15-16-7-6-12-24-11-5-4-10-19(16)24)21(26)20-17-8-2-3-9-18(17)22-23-20/h2-3,8-9,16,19H,4-7,10-15H2,1H3,(H,22,23)/t16-,19+/m0/s1. The lowest BCUT2D eigenvalue weighted by Gasteiger charge is -2.45. The van der Waals surface area contributed by atoms with Gasteiger partial charge in [0.2, 0.25) is 0 Å². The molecule has 2 aliphatic rings. The Morgan fingerprint density at radius 2 is 2.11 bits per heavy atom. The van der Waals surface area contributed by atoms with Gasteiger partial charge < -0.3 is 14.5 Å². The Hall–Kier alpha value is -1.92. The van der Waals surface area contributed by atoms with Crippen LogP contribution in [0.15, 0.2) is 24.3 Å². The van der Waals surface area contributed by atoms with E-state index in [1.807, 2.05) is 29.2 Å². The highest BCUT2D eigenvalue weighted by molar-refractivity contribution is 6.04. The fourth-order valence-electron chi connectivity index (χ4n) is 4.83. The first-order chi connectivity index (χ1) is 13.3. The van der Waals surface area contributed by atoms with Crippen molar-refractivity contribution in [2.75, 3.05) is 39.9 Å². The molecule has 1 amide bonds. The third-order valence-corrected chi connectivity index (χ3v) is 6.21. The number of aromatic nitrogens is 2. The van der Waals surface area contributed by atoms with Gasteiger partial charge in [0.05, 0.1) is 12.1 Å². The summed E-state index contributed by atoms with van der Waals surface area (Å²) in [7, 11) is 1.69. The Balaban J connectivity index is 1.54. The number of ether oxygens (including phenoxy) is 1. The smallest absolute Gasteiger partial charge is 0.275 e. The highest BCUT2D eigenvalue weighted by Gasteiger charge is 2.35. The second-order valence-corrected chi connectivity index (χ2v) is 7.86. The molecule has 4 rings (SSSR count). The lowest BCUT2D eigenvalue weighted by molar-refractivity contribution is 0.0314. The third kappa shape index (κ3) is 3.87. The molecule has 0 bridgehead atoms. The lowest BCUT2D eigenvalue weighted by Crippen LogP contribution is -2.52. The SMILES string of the molecule is COCCN(C[C@@H]1CCCN2CCCC[C@H]12)C(=O)c1n[nH]c2ccccc12.